The Morgan fingerprint density at radius 3 is 2.36 bits per heavy atom. The topological polar surface area (TPSA) is 72.9 Å². The minimum Gasteiger partial charge on any atom is -0.495 e. The maximum atomic E-state index is 12.4. The second kappa shape index (κ2) is 8.13. The summed E-state index contributed by atoms with van der Waals surface area (Å²) in [6.45, 7) is 0.213. The summed E-state index contributed by atoms with van der Waals surface area (Å²) in [5, 5.41) is 0. The summed E-state index contributed by atoms with van der Waals surface area (Å²) in [5.74, 6) is -0.400. The largest absolute Gasteiger partial charge is 0.495 e. The lowest BCUT2D eigenvalue weighted by Gasteiger charge is -2.15. The lowest BCUT2D eigenvalue weighted by Crippen LogP contribution is -2.23. The zero-order valence-corrected chi connectivity index (χ0v) is 15.2. The number of carbonyl (C=O) groups is 1. The normalized spacial score (nSPS) is 11.4. The molecule has 0 saturated heterocycles. The van der Waals surface area contributed by atoms with Crippen LogP contribution in [-0.4, -0.2) is 46.5 Å². The smallest absolute Gasteiger partial charge is 0.338 e. The van der Waals surface area contributed by atoms with Crippen LogP contribution >= 0.6 is 0 Å². The van der Waals surface area contributed by atoms with Crippen molar-refractivity contribution in [2.75, 3.05) is 27.8 Å². The molecule has 2 aromatic rings. The van der Waals surface area contributed by atoms with E-state index in [1.165, 1.54) is 39.4 Å². The molecule has 0 spiro atoms. The van der Waals surface area contributed by atoms with Gasteiger partial charge in [-0.1, -0.05) is 30.3 Å². The first-order valence-electron chi connectivity index (χ1n) is 7.68. The molecule has 7 heteroatoms. The van der Waals surface area contributed by atoms with Gasteiger partial charge >= 0.3 is 5.97 Å². The predicted octanol–water partition coefficient (Wildman–Crippen LogP) is 2.35. The van der Waals surface area contributed by atoms with Gasteiger partial charge in [-0.05, 0) is 23.8 Å². The van der Waals surface area contributed by atoms with Crippen molar-refractivity contribution in [3.8, 4) is 5.75 Å². The fourth-order valence-corrected chi connectivity index (χ4v) is 3.27. The summed E-state index contributed by atoms with van der Waals surface area (Å²) < 4.78 is 36.2. The zero-order chi connectivity index (χ0) is 18.4. The Kier molecular flexibility index (Phi) is 6.17. The van der Waals surface area contributed by atoms with Crippen molar-refractivity contribution in [2.45, 2.75) is 11.3 Å². The predicted molar refractivity (Wildman–Crippen MR) is 94.3 cm³/mol. The molecule has 25 heavy (non-hydrogen) atoms. The van der Waals surface area contributed by atoms with Gasteiger partial charge in [0.15, 0.2) is 0 Å². The van der Waals surface area contributed by atoms with E-state index in [1.807, 2.05) is 30.3 Å². The SMILES string of the molecule is COc1ccc(C(=O)OCCc2ccccc2)cc1S(=O)(=O)N(C)C. The summed E-state index contributed by atoms with van der Waals surface area (Å²) in [6.07, 6.45) is 0.589. The maximum absolute atomic E-state index is 12.4. The third-order valence-corrected chi connectivity index (χ3v) is 5.46. The van der Waals surface area contributed by atoms with E-state index in [1.54, 1.807) is 0 Å². The summed E-state index contributed by atoms with van der Waals surface area (Å²) in [5.41, 5.74) is 1.22. The molecule has 134 valence electrons. The Balaban J connectivity index is 2.15. The van der Waals surface area contributed by atoms with E-state index >= 15 is 0 Å². The van der Waals surface area contributed by atoms with E-state index in [0.29, 0.717) is 6.42 Å². The van der Waals surface area contributed by atoms with Crippen LogP contribution < -0.4 is 4.74 Å². The second-order valence-corrected chi connectivity index (χ2v) is 7.64. The average molecular weight is 363 g/mol. The highest BCUT2D eigenvalue weighted by atomic mass is 32.2. The van der Waals surface area contributed by atoms with Crippen LogP contribution in [0.2, 0.25) is 0 Å². The number of ether oxygens (including phenoxy) is 2. The number of methoxy groups -OCH3 is 1. The van der Waals surface area contributed by atoms with Crippen LogP contribution in [0.5, 0.6) is 5.75 Å². The Hall–Kier alpha value is -2.38. The van der Waals surface area contributed by atoms with Gasteiger partial charge in [0.2, 0.25) is 10.0 Å². The molecule has 0 saturated carbocycles. The highest BCUT2D eigenvalue weighted by Gasteiger charge is 2.24. The van der Waals surface area contributed by atoms with Gasteiger partial charge in [0.05, 0.1) is 19.3 Å². The number of carbonyl (C=O) groups excluding carboxylic acids is 1. The van der Waals surface area contributed by atoms with Crippen LogP contribution in [0, 0.1) is 0 Å². The van der Waals surface area contributed by atoms with Crippen LogP contribution in [0.25, 0.3) is 0 Å². The molecule has 0 aromatic heterocycles. The molecule has 0 aliphatic heterocycles. The molecule has 0 unspecified atom stereocenters. The maximum Gasteiger partial charge on any atom is 0.338 e. The molecule has 2 rings (SSSR count). The molecule has 2 aromatic carbocycles. The number of rotatable bonds is 7. The van der Waals surface area contributed by atoms with Crippen molar-refractivity contribution < 1.29 is 22.7 Å². The molecule has 0 aliphatic rings. The number of hydrogen-bond acceptors (Lipinski definition) is 5. The van der Waals surface area contributed by atoms with E-state index in [4.69, 9.17) is 9.47 Å². The Morgan fingerprint density at radius 2 is 1.76 bits per heavy atom. The molecule has 0 fully saturated rings. The van der Waals surface area contributed by atoms with Gasteiger partial charge in [0, 0.05) is 20.5 Å². The quantitative estimate of drug-likeness (QED) is 0.706. The molecule has 0 N–H and O–H groups in total. The van der Waals surface area contributed by atoms with Crippen molar-refractivity contribution in [3.05, 3.63) is 59.7 Å². The standard InChI is InChI=1S/C18H21NO5S/c1-19(2)25(21,22)17-13-15(9-10-16(17)23-3)18(20)24-12-11-14-7-5-4-6-8-14/h4-10,13H,11-12H2,1-3H3. The Labute approximate surface area is 148 Å². The number of sulfonamides is 1. The summed E-state index contributed by atoms with van der Waals surface area (Å²) in [7, 11) is 0.471. The van der Waals surface area contributed by atoms with Crippen molar-refractivity contribution in [1.82, 2.24) is 4.31 Å². The highest BCUT2D eigenvalue weighted by Crippen LogP contribution is 2.27. The molecule has 0 atom stereocenters. The van der Waals surface area contributed by atoms with Crippen LogP contribution in [0.4, 0.5) is 0 Å². The minimum absolute atomic E-state index is 0.0718. The third-order valence-electron chi connectivity index (χ3n) is 3.62. The van der Waals surface area contributed by atoms with Crippen LogP contribution in [-0.2, 0) is 21.2 Å². The van der Waals surface area contributed by atoms with E-state index in [-0.39, 0.29) is 22.8 Å². The average Bonchev–Trinajstić information content (AvgIpc) is 2.61. The molecule has 0 bridgehead atoms. The van der Waals surface area contributed by atoms with Gasteiger partial charge in [0.1, 0.15) is 10.6 Å². The molecule has 0 heterocycles. The van der Waals surface area contributed by atoms with Crippen molar-refractivity contribution in [3.63, 3.8) is 0 Å². The van der Waals surface area contributed by atoms with Crippen LogP contribution in [0.15, 0.2) is 53.4 Å². The third kappa shape index (κ3) is 4.58. The molecule has 0 radical (unpaired) electrons. The number of esters is 1. The fraction of sp³-hybridized carbons (Fsp3) is 0.278. The zero-order valence-electron chi connectivity index (χ0n) is 14.4. The van der Waals surface area contributed by atoms with Gasteiger partial charge in [-0.3, -0.25) is 0 Å². The van der Waals surface area contributed by atoms with E-state index in [9.17, 15) is 13.2 Å². The first-order chi connectivity index (χ1) is 11.9. The highest BCUT2D eigenvalue weighted by molar-refractivity contribution is 7.89. The summed E-state index contributed by atoms with van der Waals surface area (Å²) in [6, 6.07) is 13.9. The van der Waals surface area contributed by atoms with Gasteiger partial charge in [-0.25, -0.2) is 17.5 Å². The van der Waals surface area contributed by atoms with Crippen molar-refractivity contribution in [2.24, 2.45) is 0 Å². The van der Waals surface area contributed by atoms with Gasteiger partial charge in [0.25, 0.3) is 0 Å². The second-order valence-electron chi connectivity index (χ2n) is 5.52. The van der Waals surface area contributed by atoms with E-state index in [2.05, 4.69) is 0 Å². The van der Waals surface area contributed by atoms with E-state index < -0.39 is 16.0 Å². The molecule has 0 amide bonds. The van der Waals surface area contributed by atoms with Gasteiger partial charge in [-0.15, -0.1) is 0 Å². The van der Waals surface area contributed by atoms with E-state index in [0.717, 1.165) is 9.87 Å². The molecular formula is C18H21NO5S. The van der Waals surface area contributed by atoms with Crippen LogP contribution in [0.1, 0.15) is 15.9 Å². The summed E-state index contributed by atoms with van der Waals surface area (Å²) >= 11 is 0. The van der Waals surface area contributed by atoms with Crippen molar-refractivity contribution >= 4 is 16.0 Å². The minimum atomic E-state index is -3.74. The molecule has 6 nitrogen and oxygen atoms in total. The van der Waals surface area contributed by atoms with Gasteiger partial charge < -0.3 is 9.47 Å². The summed E-state index contributed by atoms with van der Waals surface area (Å²) in [4.78, 5) is 12.1. The number of benzene rings is 2. The number of nitrogens with zero attached hydrogens (tertiary/aromatic N) is 1. The first-order valence-corrected chi connectivity index (χ1v) is 9.12. The lowest BCUT2D eigenvalue weighted by molar-refractivity contribution is 0.0509. The monoisotopic (exact) mass is 363 g/mol. The lowest BCUT2D eigenvalue weighted by atomic mass is 10.2. The first kappa shape index (κ1) is 19.0. The Morgan fingerprint density at radius 1 is 1.08 bits per heavy atom. The van der Waals surface area contributed by atoms with Crippen molar-refractivity contribution in [1.29, 1.82) is 0 Å². The molecule has 0 aliphatic carbocycles. The number of hydrogen-bond donors (Lipinski definition) is 0. The Bertz CT molecular complexity index is 832. The van der Waals surface area contributed by atoms with Gasteiger partial charge in [-0.2, -0.15) is 0 Å². The molecular weight excluding hydrogens is 342 g/mol. The van der Waals surface area contributed by atoms with Crippen LogP contribution in [0.3, 0.4) is 0 Å². The fourth-order valence-electron chi connectivity index (χ4n) is 2.19.